The molecule has 1 heterocycles. The Morgan fingerprint density at radius 2 is 2.11 bits per heavy atom. The highest BCUT2D eigenvalue weighted by molar-refractivity contribution is 7.09. The molecule has 4 heteroatoms. The van der Waals surface area contributed by atoms with Crippen LogP contribution in [0.4, 0.5) is 0 Å². The summed E-state index contributed by atoms with van der Waals surface area (Å²) in [6.07, 6.45) is 0.690. The van der Waals surface area contributed by atoms with E-state index in [0.717, 1.165) is 16.3 Å². The number of nitriles is 1. The molecule has 2 rings (SSSR count). The van der Waals surface area contributed by atoms with Gasteiger partial charge in [0, 0.05) is 17.2 Å². The molecule has 0 aliphatic rings. The van der Waals surface area contributed by atoms with Crippen molar-refractivity contribution in [3.63, 3.8) is 0 Å². The molecule has 0 atom stereocenters. The third-order valence-corrected chi connectivity index (χ3v) is 3.71. The van der Waals surface area contributed by atoms with Crippen LogP contribution < -0.4 is 0 Å². The molecule has 1 aromatic heterocycles. The lowest BCUT2D eigenvalue weighted by molar-refractivity contribution is 0.473. The topological polar surface area (TPSA) is 56.9 Å². The average molecular weight is 272 g/mol. The summed E-state index contributed by atoms with van der Waals surface area (Å²) in [6, 6.07) is 7.09. The fraction of sp³-hybridized carbons (Fsp3) is 0.333. The van der Waals surface area contributed by atoms with Crippen molar-refractivity contribution in [2.45, 2.75) is 32.6 Å². The maximum Gasteiger partial charge on any atom is 0.133 e. The molecule has 0 fully saturated rings. The summed E-state index contributed by atoms with van der Waals surface area (Å²) in [4.78, 5) is 4.63. The van der Waals surface area contributed by atoms with E-state index in [1.165, 1.54) is 0 Å². The number of thiazole rings is 1. The molecule has 1 N–H and O–H groups in total. The first-order chi connectivity index (χ1) is 8.90. The van der Waals surface area contributed by atoms with Gasteiger partial charge in [0.25, 0.3) is 0 Å². The molecule has 0 bridgehead atoms. The number of hydrogen-bond acceptors (Lipinski definition) is 4. The van der Waals surface area contributed by atoms with Crippen molar-refractivity contribution in [3.8, 4) is 11.8 Å². The maximum absolute atomic E-state index is 9.48. The van der Waals surface area contributed by atoms with Gasteiger partial charge in [-0.3, -0.25) is 0 Å². The van der Waals surface area contributed by atoms with Crippen LogP contribution in [0.25, 0.3) is 0 Å². The highest BCUT2D eigenvalue weighted by Crippen LogP contribution is 2.26. The van der Waals surface area contributed by atoms with Crippen LogP contribution in [0.2, 0.25) is 0 Å². The first kappa shape index (κ1) is 13.6. The number of aromatic hydroxyl groups is 1. The molecule has 0 aliphatic carbocycles. The molecule has 0 unspecified atom stereocenters. The highest BCUT2D eigenvalue weighted by Gasteiger charge is 2.17. The second-order valence-corrected chi connectivity index (χ2v) is 6.46. The van der Waals surface area contributed by atoms with Crippen molar-refractivity contribution in [1.82, 2.24) is 4.98 Å². The van der Waals surface area contributed by atoms with E-state index in [4.69, 9.17) is 5.26 Å². The quantitative estimate of drug-likeness (QED) is 0.908. The monoisotopic (exact) mass is 272 g/mol. The zero-order valence-electron chi connectivity index (χ0n) is 11.3. The van der Waals surface area contributed by atoms with Gasteiger partial charge < -0.3 is 5.11 Å². The minimum absolute atomic E-state index is 0.0285. The van der Waals surface area contributed by atoms with Gasteiger partial charge in [-0.1, -0.05) is 26.8 Å². The molecule has 0 aliphatic heterocycles. The second kappa shape index (κ2) is 5.02. The SMILES string of the molecule is CC(C)(C)c1csc(Cc2ccc(O)c(C#N)c2)n1. The van der Waals surface area contributed by atoms with Crippen LogP contribution in [0.5, 0.6) is 5.75 Å². The van der Waals surface area contributed by atoms with Crippen LogP contribution in [-0.2, 0) is 11.8 Å². The van der Waals surface area contributed by atoms with Crippen LogP contribution >= 0.6 is 11.3 Å². The predicted molar refractivity (Wildman–Crippen MR) is 76.4 cm³/mol. The van der Waals surface area contributed by atoms with Gasteiger partial charge in [0.1, 0.15) is 11.8 Å². The number of hydrogen-bond donors (Lipinski definition) is 1. The Hall–Kier alpha value is -1.86. The van der Waals surface area contributed by atoms with E-state index >= 15 is 0 Å². The van der Waals surface area contributed by atoms with Crippen LogP contribution in [0.3, 0.4) is 0 Å². The van der Waals surface area contributed by atoms with E-state index in [0.29, 0.717) is 12.0 Å². The van der Waals surface area contributed by atoms with E-state index < -0.39 is 0 Å². The van der Waals surface area contributed by atoms with Crippen molar-refractivity contribution in [3.05, 3.63) is 45.4 Å². The summed E-state index contributed by atoms with van der Waals surface area (Å²) in [6.45, 7) is 6.42. The van der Waals surface area contributed by atoms with E-state index in [-0.39, 0.29) is 11.2 Å². The van der Waals surface area contributed by atoms with Crippen molar-refractivity contribution in [2.24, 2.45) is 0 Å². The summed E-state index contributed by atoms with van der Waals surface area (Å²) >= 11 is 1.63. The standard InChI is InChI=1S/C15H16N2OS/c1-15(2,3)13-9-19-14(17-13)7-10-4-5-12(18)11(6-10)8-16/h4-6,9,18H,7H2,1-3H3. The zero-order chi connectivity index (χ0) is 14.0. The van der Waals surface area contributed by atoms with Gasteiger partial charge in [0.2, 0.25) is 0 Å². The smallest absolute Gasteiger partial charge is 0.133 e. The van der Waals surface area contributed by atoms with Gasteiger partial charge in [-0.2, -0.15) is 5.26 Å². The lowest BCUT2D eigenvalue weighted by Gasteiger charge is -2.14. The Kier molecular flexibility index (Phi) is 3.59. The van der Waals surface area contributed by atoms with Gasteiger partial charge in [-0.25, -0.2) is 4.98 Å². The number of rotatable bonds is 2. The molecule has 0 saturated heterocycles. The molecule has 0 amide bonds. The fourth-order valence-corrected chi connectivity index (χ4v) is 2.75. The van der Waals surface area contributed by atoms with Gasteiger partial charge >= 0.3 is 0 Å². The van der Waals surface area contributed by atoms with Gasteiger partial charge in [0.15, 0.2) is 0 Å². The summed E-state index contributed by atoms with van der Waals surface area (Å²) in [5.74, 6) is 0.0285. The van der Waals surface area contributed by atoms with E-state index in [2.05, 4.69) is 31.1 Å². The Bertz CT molecular complexity index is 632. The Morgan fingerprint density at radius 3 is 2.68 bits per heavy atom. The molecule has 0 spiro atoms. The second-order valence-electron chi connectivity index (χ2n) is 5.52. The fourth-order valence-electron chi connectivity index (χ4n) is 1.69. The Morgan fingerprint density at radius 1 is 1.37 bits per heavy atom. The molecule has 98 valence electrons. The summed E-state index contributed by atoms with van der Waals surface area (Å²) in [5.41, 5.74) is 2.45. The van der Waals surface area contributed by atoms with Gasteiger partial charge in [-0.15, -0.1) is 11.3 Å². The number of phenolic OH excluding ortho intramolecular Hbond substituents is 1. The lowest BCUT2D eigenvalue weighted by atomic mass is 9.93. The largest absolute Gasteiger partial charge is 0.507 e. The van der Waals surface area contributed by atoms with Gasteiger partial charge in [-0.05, 0) is 17.7 Å². The molecule has 3 nitrogen and oxygen atoms in total. The van der Waals surface area contributed by atoms with Crippen molar-refractivity contribution in [2.75, 3.05) is 0 Å². The highest BCUT2D eigenvalue weighted by atomic mass is 32.1. The van der Waals surface area contributed by atoms with Crippen LogP contribution in [-0.4, -0.2) is 10.1 Å². The summed E-state index contributed by atoms with van der Waals surface area (Å²) in [5, 5.41) is 21.5. The van der Waals surface area contributed by atoms with E-state index in [9.17, 15) is 5.11 Å². The molecular formula is C15H16N2OS. The minimum Gasteiger partial charge on any atom is -0.507 e. The molecule has 0 radical (unpaired) electrons. The molecule has 19 heavy (non-hydrogen) atoms. The first-order valence-electron chi connectivity index (χ1n) is 6.07. The Balaban J connectivity index is 2.22. The minimum atomic E-state index is 0.0285. The van der Waals surface area contributed by atoms with Gasteiger partial charge in [0.05, 0.1) is 16.3 Å². The van der Waals surface area contributed by atoms with E-state index in [1.807, 2.05) is 12.1 Å². The number of aromatic nitrogens is 1. The van der Waals surface area contributed by atoms with Crippen LogP contribution in [0.15, 0.2) is 23.6 Å². The normalized spacial score (nSPS) is 11.3. The Labute approximate surface area is 117 Å². The third kappa shape index (κ3) is 3.12. The lowest BCUT2D eigenvalue weighted by Crippen LogP contribution is -2.11. The predicted octanol–water partition coefficient (Wildman–Crippen LogP) is 3.61. The summed E-state index contributed by atoms with van der Waals surface area (Å²) < 4.78 is 0. The van der Waals surface area contributed by atoms with Crippen LogP contribution in [0, 0.1) is 11.3 Å². The van der Waals surface area contributed by atoms with Crippen molar-refractivity contribution in [1.29, 1.82) is 5.26 Å². The molecule has 0 saturated carbocycles. The third-order valence-electron chi connectivity index (χ3n) is 2.86. The van der Waals surface area contributed by atoms with Crippen molar-refractivity contribution >= 4 is 11.3 Å². The van der Waals surface area contributed by atoms with E-state index in [1.54, 1.807) is 23.5 Å². The summed E-state index contributed by atoms with van der Waals surface area (Å²) in [7, 11) is 0. The first-order valence-corrected chi connectivity index (χ1v) is 6.95. The van der Waals surface area contributed by atoms with Crippen molar-refractivity contribution < 1.29 is 5.11 Å². The number of phenols is 1. The zero-order valence-corrected chi connectivity index (χ0v) is 12.1. The van der Waals surface area contributed by atoms with Crippen LogP contribution in [0.1, 0.15) is 42.6 Å². The molecule has 1 aromatic carbocycles. The average Bonchev–Trinajstić information content (AvgIpc) is 2.80. The number of nitrogens with zero attached hydrogens (tertiary/aromatic N) is 2. The molecular weight excluding hydrogens is 256 g/mol. The maximum atomic E-state index is 9.48. The molecule has 2 aromatic rings. The number of benzene rings is 1.